The quantitative estimate of drug-likeness (QED) is 0.712. The molecule has 142 valence electrons. The average molecular weight is 376 g/mol. The van der Waals surface area contributed by atoms with Gasteiger partial charge in [-0.3, -0.25) is 14.4 Å². The number of aromatic nitrogens is 2. The number of rotatable bonds is 5. The number of fused-ring (bicyclic) bond motifs is 1. The average Bonchev–Trinajstić information content (AvgIpc) is 3.12. The zero-order valence-corrected chi connectivity index (χ0v) is 15.3. The minimum atomic E-state index is -0.362. The fourth-order valence-corrected chi connectivity index (χ4v) is 3.51. The lowest BCUT2D eigenvalue weighted by molar-refractivity contribution is -0.128. The van der Waals surface area contributed by atoms with E-state index in [2.05, 4.69) is 15.5 Å². The predicted molar refractivity (Wildman–Crippen MR) is 105 cm³/mol. The van der Waals surface area contributed by atoms with E-state index in [4.69, 9.17) is 0 Å². The number of aromatic amines is 1. The first kappa shape index (κ1) is 17.9. The number of amides is 2. The summed E-state index contributed by atoms with van der Waals surface area (Å²) in [7, 11) is 0. The van der Waals surface area contributed by atoms with Crippen molar-refractivity contribution in [2.75, 3.05) is 6.54 Å². The number of benzene rings is 2. The van der Waals surface area contributed by atoms with Crippen LogP contribution in [-0.2, 0) is 17.9 Å². The van der Waals surface area contributed by atoms with Gasteiger partial charge in [-0.05, 0) is 23.6 Å². The number of carbonyl (C=O) groups is 2. The van der Waals surface area contributed by atoms with E-state index in [1.54, 1.807) is 24.3 Å². The van der Waals surface area contributed by atoms with Crippen LogP contribution in [0.2, 0.25) is 0 Å². The van der Waals surface area contributed by atoms with Crippen LogP contribution in [0, 0.1) is 0 Å². The normalized spacial score (nSPS) is 13.9. The van der Waals surface area contributed by atoms with Gasteiger partial charge >= 0.3 is 0 Å². The summed E-state index contributed by atoms with van der Waals surface area (Å²) in [5.74, 6) is -0.192. The lowest BCUT2D eigenvalue weighted by Crippen LogP contribution is -2.28. The summed E-state index contributed by atoms with van der Waals surface area (Å²) in [5, 5.41) is 10.1. The Labute approximate surface area is 161 Å². The first-order valence-electron chi connectivity index (χ1n) is 9.23. The van der Waals surface area contributed by atoms with Crippen LogP contribution in [0.25, 0.3) is 10.8 Å². The molecule has 0 bridgehead atoms. The number of carbonyl (C=O) groups excluding carboxylic acids is 2. The van der Waals surface area contributed by atoms with Crippen molar-refractivity contribution in [1.82, 2.24) is 20.4 Å². The molecule has 0 aliphatic carbocycles. The van der Waals surface area contributed by atoms with E-state index in [0.29, 0.717) is 30.3 Å². The van der Waals surface area contributed by atoms with Crippen LogP contribution in [0.5, 0.6) is 0 Å². The van der Waals surface area contributed by atoms with Crippen LogP contribution in [0.4, 0.5) is 0 Å². The highest BCUT2D eigenvalue weighted by Gasteiger charge is 2.21. The lowest BCUT2D eigenvalue weighted by atomic mass is 10.1. The second-order valence-electron chi connectivity index (χ2n) is 6.82. The van der Waals surface area contributed by atoms with E-state index in [1.807, 2.05) is 29.2 Å². The zero-order valence-electron chi connectivity index (χ0n) is 15.3. The maximum atomic E-state index is 12.7. The van der Waals surface area contributed by atoms with Crippen molar-refractivity contribution in [2.24, 2.45) is 0 Å². The molecule has 1 fully saturated rings. The molecule has 0 saturated carbocycles. The maximum Gasteiger partial charge on any atom is 0.272 e. The van der Waals surface area contributed by atoms with Gasteiger partial charge < -0.3 is 10.2 Å². The highest BCUT2D eigenvalue weighted by molar-refractivity contribution is 6.04. The molecule has 2 heterocycles. The molecular weight excluding hydrogens is 356 g/mol. The summed E-state index contributed by atoms with van der Waals surface area (Å²) in [4.78, 5) is 38.3. The van der Waals surface area contributed by atoms with Crippen LogP contribution < -0.4 is 10.9 Å². The topological polar surface area (TPSA) is 95.2 Å². The number of nitrogens with zero attached hydrogens (tertiary/aromatic N) is 2. The lowest BCUT2D eigenvalue weighted by Gasteiger charge is -2.18. The summed E-state index contributed by atoms with van der Waals surface area (Å²) >= 11 is 0. The highest BCUT2D eigenvalue weighted by Crippen LogP contribution is 2.18. The van der Waals surface area contributed by atoms with Crippen molar-refractivity contribution in [2.45, 2.75) is 25.9 Å². The zero-order chi connectivity index (χ0) is 19.5. The van der Waals surface area contributed by atoms with E-state index in [1.165, 1.54) is 0 Å². The van der Waals surface area contributed by atoms with Gasteiger partial charge in [0.15, 0.2) is 5.69 Å². The smallest absolute Gasteiger partial charge is 0.272 e. The van der Waals surface area contributed by atoms with E-state index in [0.717, 1.165) is 24.1 Å². The molecule has 3 aromatic rings. The molecule has 1 aliphatic rings. The summed E-state index contributed by atoms with van der Waals surface area (Å²) in [5.41, 5.74) is 1.82. The summed E-state index contributed by atoms with van der Waals surface area (Å²) in [6, 6.07) is 14.6. The summed E-state index contributed by atoms with van der Waals surface area (Å²) in [6.07, 6.45) is 1.49. The minimum absolute atomic E-state index is 0.169. The van der Waals surface area contributed by atoms with Gasteiger partial charge in [-0.1, -0.05) is 42.5 Å². The molecule has 2 N–H and O–H groups in total. The monoisotopic (exact) mass is 376 g/mol. The second-order valence-corrected chi connectivity index (χ2v) is 6.82. The summed E-state index contributed by atoms with van der Waals surface area (Å²) < 4.78 is 0. The molecule has 4 rings (SSSR count). The van der Waals surface area contributed by atoms with Gasteiger partial charge in [0.25, 0.3) is 11.5 Å². The first-order valence-corrected chi connectivity index (χ1v) is 9.23. The molecule has 7 nitrogen and oxygen atoms in total. The van der Waals surface area contributed by atoms with Gasteiger partial charge in [0, 0.05) is 31.4 Å². The van der Waals surface area contributed by atoms with E-state index < -0.39 is 0 Å². The molecule has 1 aliphatic heterocycles. The molecule has 1 saturated heterocycles. The molecule has 2 aromatic carbocycles. The standard InChI is InChI=1S/C21H20N4O3/c26-18-10-5-11-25(18)13-15-7-2-1-6-14(15)12-22-21(28)19-16-8-3-4-9-17(16)20(27)24-23-19/h1-4,6-9H,5,10-13H2,(H,22,28)(H,24,27). The van der Waals surface area contributed by atoms with Crippen molar-refractivity contribution >= 4 is 22.6 Å². The van der Waals surface area contributed by atoms with Gasteiger partial charge in [-0.2, -0.15) is 5.10 Å². The Hall–Kier alpha value is -3.48. The third-order valence-electron chi connectivity index (χ3n) is 5.00. The van der Waals surface area contributed by atoms with Gasteiger partial charge in [-0.25, -0.2) is 5.10 Å². The molecule has 7 heteroatoms. The number of likely N-dealkylation sites (tertiary alicyclic amines) is 1. The van der Waals surface area contributed by atoms with E-state index in [-0.39, 0.29) is 23.1 Å². The SMILES string of the molecule is O=C(NCc1ccccc1CN1CCCC1=O)c1n[nH]c(=O)c2ccccc12. The number of hydrogen-bond donors (Lipinski definition) is 2. The molecule has 0 radical (unpaired) electrons. The number of nitrogens with one attached hydrogen (secondary N) is 2. The summed E-state index contributed by atoms with van der Waals surface area (Å²) in [6.45, 7) is 1.63. The van der Waals surface area contributed by atoms with Crippen molar-refractivity contribution in [1.29, 1.82) is 0 Å². The van der Waals surface area contributed by atoms with Gasteiger partial charge in [0.1, 0.15) is 0 Å². The Balaban J connectivity index is 1.53. The molecular formula is C21H20N4O3. The Morgan fingerprint density at radius 3 is 2.50 bits per heavy atom. The van der Waals surface area contributed by atoms with Gasteiger partial charge in [-0.15, -0.1) is 0 Å². The van der Waals surface area contributed by atoms with Crippen molar-refractivity contribution in [3.63, 3.8) is 0 Å². The third kappa shape index (κ3) is 3.51. The molecule has 2 amide bonds. The van der Waals surface area contributed by atoms with Gasteiger partial charge in [0.05, 0.1) is 5.39 Å². The molecule has 28 heavy (non-hydrogen) atoms. The van der Waals surface area contributed by atoms with E-state index >= 15 is 0 Å². The van der Waals surface area contributed by atoms with Crippen LogP contribution in [0.3, 0.4) is 0 Å². The third-order valence-corrected chi connectivity index (χ3v) is 5.00. The molecule has 0 unspecified atom stereocenters. The van der Waals surface area contributed by atoms with Crippen LogP contribution in [0.1, 0.15) is 34.5 Å². The molecule has 0 atom stereocenters. The maximum absolute atomic E-state index is 12.7. The van der Waals surface area contributed by atoms with E-state index in [9.17, 15) is 14.4 Å². The first-order chi connectivity index (χ1) is 13.6. The van der Waals surface area contributed by atoms with Crippen molar-refractivity contribution in [3.8, 4) is 0 Å². The second kappa shape index (κ2) is 7.64. The molecule has 1 aromatic heterocycles. The fourth-order valence-electron chi connectivity index (χ4n) is 3.51. The van der Waals surface area contributed by atoms with Gasteiger partial charge in [0.2, 0.25) is 5.91 Å². The van der Waals surface area contributed by atoms with Crippen LogP contribution >= 0.6 is 0 Å². The fraction of sp³-hybridized carbons (Fsp3) is 0.238. The largest absolute Gasteiger partial charge is 0.347 e. The predicted octanol–water partition coefficient (Wildman–Crippen LogP) is 1.98. The van der Waals surface area contributed by atoms with Crippen LogP contribution in [0.15, 0.2) is 53.3 Å². The number of hydrogen-bond acceptors (Lipinski definition) is 4. The number of H-pyrrole nitrogens is 1. The minimum Gasteiger partial charge on any atom is -0.347 e. The van der Waals surface area contributed by atoms with Crippen molar-refractivity contribution < 1.29 is 9.59 Å². The Morgan fingerprint density at radius 1 is 1.04 bits per heavy atom. The Morgan fingerprint density at radius 2 is 1.75 bits per heavy atom. The Kier molecular flexibility index (Phi) is 4.89. The molecule has 0 spiro atoms. The van der Waals surface area contributed by atoms with Crippen LogP contribution in [-0.4, -0.2) is 33.5 Å². The highest BCUT2D eigenvalue weighted by atomic mass is 16.2. The van der Waals surface area contributed by atoms with Crippen molar-refractivity contribution in [3.05, 3.63) is 75.7 Å². The Bertz CT molecular complexity index is 1110.